The summed E-state index contributed by atoms with van der Waals surface area (Å²) in [6.07, 6.45) is 0.852. The predicted molar refractivity (Wildman–Crippen MR) is 100 cm³/mol. The maximum atomic E-state index is 12.9. The standard InChI is InChI=1S/C19H23ClFN3O3/c1-4-5-10-24-17(20)16(12(2)23-24)19(26)27-13(3)18(25)22-11-14-6-8-15(21)9-7-14/h6-9,13H,4-5,10-11H2,1-3H3,(H,22,25)/t13-/m0/s1. The molecule has 1 aromatic carbocycles. The van der Waals surface area contributed by atoms with Crippen molar-refractivity contribution in [3.05, 3.63) is 52.1 Å². The highest BCUT2D eigenvalue weighted by atomic mass is 35.5. The molecule has 0 aliphatic heterocycles. The van der Waals surface area contributed by atoms with Crippen LogP contribution >= 0.6 is 11.6 Å². The zero-order chi connectivity index (χ0) is 20.0. The van der Waals surface area contributed by atoms with Crippen LogP contribution in [0.1, 0.15) is 48.3 Å². The van der Waals surface area contributed by atoms with Gasteiger partial charge in [-0.2, -0.15) is 5.10 Å². The minimum atomic E-state index is -1.01. The Hall–Kier alpha value is -2.41. The summed E-state index contributed by atoms with van der Waals surface area (Å²) in [6.45, 7) is 6.01. The zero-order valence-electron chi connectivity index (χ0n) is 15.6. The molecule has 0 saturated carbocycles. The number of carbonyl (C=O) groups is 2. The number of ether oxygens (including phenoxy) is 1. The number of benzene rings is 1. The molecule has 6 nitrogen and oxygen atoms in total. The number of amides is 1. The summed E-state index contributed by atoms with van der Waals surface area (Å²) in [4.78, 5) is 24.6. The molecule has 1 N–H and O–H groups in total. The molecular weight excluding hydrogens is 373 g/mol. The van der Waals surface area contributed by atoms with E-state index in [-0.39, 0.29) is 23.1 Å². The van der Waals surface area contributed by atoms with Gasteiger partial charge in [-0.1, -0.05) is 37.1 Å². The van der Waals surface area contributed by atoms with Crippen molar-refractivity contribution in [1.29, 1.82) is 0 Å². The summed E-state index contributed by atoms with van der Waals surface area (Å²) in [5, 5.41) is 7.11. The van der Waals surface area contributed by atoms with Gasteiger partial charge in [0.2, 0.25) is 0 Å². The Morgan fingerprint density at radius 1 is 1.33 bits per heavy atom. The molecule has 0 saturated heterocycles. The van der Waals surface area contributed by atoms with Gasteiger partial charge in [0.05, 0.1) is 5.69 Å². The fraction of sp³-hybridized carbons (Fsp3) is 0.421. The Balaban J connectivity index is 1.95. The molecule has 8 heteroatoms. The largest absolute Gasteiger partial charge is 0.449 e. The highest BCUT2D eigenvalue weighted by Crippen LogP contribution is 2.22. The number of rotatable bonds is 8. The van der Waals surface area contributed by atoms with Crippen molar-refractivity contribution < 1.29 is 18.7 Å². The minimum Gasteiger partial charge on any atom is -0.449 e. The molecule has 2 rings (SSSR count). The van der Waals surface area contributed by atoms with Crippen molar-refractivity contribution in [2.24, 2.45) is 0 Å². The van der Waals surface area contributed by atoms with Crippen LogP contribution in [0.3, 0.4) is 0 Å². The first-order chi connectivity index (χ1) is 12.8. The normalized spacial score (nSPS) is 11.9. The predicted octanol–water partition coefficient (Wildman–Crippen LogP) is 3.65. The van der Waals surface area contributed by atoms with Crippen molar-refractivity contribution in [2.45, 2.75) is 52.8 Å². The number of nitrogens with one attached hydrogen (secondary N) is 1. The van der Waals surface area contributed by atoms with E-state index in [9.17, 15) is 14.0 Å². The molecule has 0 bridgehead atoms. The van der Waals surface area contributed by atoms with Crippen LogP contribution < -0.4 is 5.32 Å². The summed E-state index contributed by atoms with van der Waals surface area (Å²) in [7, 11) is 0. The Labute approximate surface area is 162 Å². The molecule has 1 atom stereocenters. The fourth-order valence-corrected chi connectivity index (χ4v) is 2.79. The number of aryl methyl sites for hydroxylation is 2. The molecule has 1 heterocycles. The van der Waals surface area contributed by atoms with E-state index in [0.717, 1.165) is 18.4 Å². The number of aromatic nitrogens is 2. The number of esters is 1. The Bertz CT molecular complexity index is 805. The topological polar surface area (TPSA) is 73.2 Å². The molecule has 27 heavy (non-hydrogen) atoms. The van der Waals surface area contributed by atoms with E-state index in [1.54, 1.807) is 23.7 Å². The van der Waals surface area contributed by atoms with Gasteiger partial charge in [-0.25, -0.2) is 9.18 Å². The van der Waals surface area contributed by atoms with Gasteiger partial charge < -0.3 is 10.1 Å². The van der Waals surface area contributed by atoms with Crippen LogP contribution in [0.15, 0.2) is 24.3 Å². The van der Waals surface area contributed by atoms with Gasteiger partial charge in [-0.15, -0.1) is 0 Å². The summed E-state index contributed by atoms with van der Waals surface area (Å²) in [6, 6.07) is 5.76. The van der Waals surface area contributed by atoms with Gasteiger partial charge >= 0.3 is 5.97 Å². The van der Waals surface area contributed by atoms with Crippen molar-refractivity contribution >= 4 is 23.5 Å². The first-order valence-corrected chi connectivity index (χ1v) is 9.17. The van der Waals surface area contributed by atoms with Gasteiger partial charge in [0.15, 0.2) is 6.10 Å². The SMILES string of the molecule is CCCCn1nc(C)c(C(=O)O[C@@H](C)C(=O)NCc2ccc(F)cc2)c1Cl. The van der Waals surface area contributed by atoms with E-state index in [0.29, 0.717) is 12.2 Å². The van der Waals surface area contributed by atoms with E-state index in [4.69, 9.17) is 16.3 Å². The molecular formula is C19H23ClFN3O3. The Kier molecular flexibility index (Phi) is 7.36. The number of carbonyl (C=O) groups excluding carboxylic acids is 2. The van der Waals surface area contributed by atoms with E-state index in [1.807, 2.05) is 6.92 Å². The zero-order valence-corrected chi connectivity index (χ0v) is 16.3. The molecule has 146 valence electrons. The molecule has 1 amide bonds. The first-order valence-electron chi connectivity index (χ1n) is 8.79. The fourth-order valence-electron chi connectivity index (χ4n) is 2.45. The number of unbranched alkanes of at least 4 members (excludes halogenated alkanes) is 1. The maximum absolute atomic E-state index is 12.9. The maximum Gasteiger partial charge on any atom is 0.343 e. The van der Waals surface area contributed by atoms with Crippen molar-refractivity contribution in [2.75, 3.05) is 0 Å². The summed E-state index contributed by atoms with van der Waals surface area (Å²) < 4.78 is 19.7. The Morgan fingerprint density at radius 2 is 2.00 bits per heavy atom. The molecule has 0 radical (unpaired) electrons. The highest BCUT2D eigenvalue weighted by Gasteiger charge is 2.25. The highest BCUT2D eigenvalue weighted by molar-refractivity contribution is 6.32. The Morgan fingerprint density at radius 3 is 2.63 bits per heavy atom. The van der Waals surface area contributed by atoms with Crippen molar-refractivity contribution in [1.82, 2.24) is 15.1 Å². The molecule has 0 unspecified atom stereocenters. The minimum absolute atomic E-state index is 0.172. The van der Waals surface area contributed by atoms with E-state index >= 15 is 0 Å². The van der Waals surface area contributed by atoms with Crippen molar-refractivity contribution in [3.8, 4) is 0 Å². The lowest BCUT2D eigenvalue weighted by Crippen LogP contribution is -2.35. The summed E-state index contributed by atoms with van der Waals surface area (Å²) >= 11 is 6.25. The molecule has 1 aromatic heterocycles. The van der Waals surface area contributed by atoms with Crippen LogP contribution in [-0.2, 0) is 22.6 Å². The second kappa shape index (κ2) is 9.50. The number of nitrogens with zero attached hydrogens (tertiary/aromatic N) is 2. The smallest absolute Gasteiger partial charge is 0.343 e. The van der Waals surface area contributed by atoms with Gasteiger partial charge in [-0.3, -0.25) is 9.48 Å². The van der Waals surface area contributed by atoms with Gasteiger partial charge in [-0.05, 0) is 38.0 Å². The van der Waals surface area contributed by atoms with Gasteiger partial charge in [0.25, 0.3) is 5.91 Å². The number of hydrogen-bond acceptors (Lipinski definition) is 4. The lowest BCUT2D eigenvalue weighted by atomic mass is 10.2. The summed E-state index contributed by atoms with van der Waals surface area (Å²) in [5.41, 5.74) is 1.37. The first kappa shape index (κ1) is 20.9. The molecule has 0 fully saturated rings. The van der Waals surface area contributed by atoms with Crippen LogP contribution in [0.5, 0.6) is 0 Å². The number of halogens is 2. The van der Waals surface area contributed by atoms with Crippen LogP contribution in [0.2, 0.25) is 5.15 Å². The van der Waals surface area contributed by atoms with Gasteiger partial charge in [0.1, 0.15) is 16.5 Å². The molecule has 0 spiro atoms. The third-order valence-corrected chi connectivity index (χ3v) is 4.41. The van der Waals surface area contributed by atoms with Crippen LogP contribution in [0.4, 0.5) is 4.39 Å². The average molecular weight is 396 g/mol. The van der Waals surface area contributed by atoms with Crippen molar-refractivity contribution in [3.63, 3.8) is 0 Å². The molecule has 2 aromatic rings. The molecule has 0 aliphatic carbocycles. The summed E-state index contributed by atoms with van der Waals surface area (Å²) in [5.74, 6) is -1.50. The van der Waals surface area contributed by atoms with E-state index in [2.05, 4.69) is 10.4 Å². The molecule has 0 aliphatic rings. The van der Waals surface area contributed by atoms with Gasteiger partial charge in [0, 0.05) is 13.1 Å². The third kappa shape index (κ3) is 5.53. The lowest BCUT2D eigenvalue weighted by Gasteiger charge is -2.13. The second-order valence-corrected chi connectivity index (χ2v) is 6.58. The lowest BCUT2D eigenvalue weighted by molar-refractivity contribution is -0.129. The van der Waals surface area contributed by atoms with Crippen LogP contribution in [0, 0.1) is 12.7 Å². The number of hydrogen-bond donors (Lipinski definition) is 1. The van der Waals surface area contributed by atoms with E-state index in [1.165, 1.54) is 19.1 Å². The average Bonchev–Trinajstić information content (AvgIpc) is 2.92. The van der Waals surface area contributed by atoms with E-state index < -0.39 is 18.0 Å². The second-order valence-electron chi connectivity index (χ2n) is 6.22. The van der Waals surface area contributed by atoms with Crippen LogP contribution in [0.25, 0.3) is 0 Å². The van der Waals surface area contributed by atoms with Crippen LogP contribution in [-0.4, -0.2) is 27.8 Å². The quantitative estimate of drug-likeness (QED) is 0.692. The monoisotopic (exact) mass is 395 g/mol. The third-order valence-electron chi connectivity index (χ3n) is 4.03.